The van der Waals surface area contributed by atoms with Crippen LogP contribution < -0.4 is 4.74 Å². The van der Waals surface area contributed by atoms with Gasteiger partial charge in [-0.3, -0.25) is 4.79 Å². The Kier molecular flexibility index (Phi) is 4.97. The van der Waals surface area contributed by atoms with Crippen LogP contribution in [0.3, 0.4) is 0 Å². The van der Waals surface area contributed by atoms with Gasteiger partial charge in [0.15, 0.2) is 5.78 Å². The first-order chi connectivity index (χ1) is 10.0. The molecule has 0 amide bonds. The lowest BCUT2D eigenvalue weighted by molar-refractivity contribution is -0.116. The Morgan fingerprint density at radius 2 is 2.14 bits per heavy atom. The Hall–Kier alpha value is -1.44. The van der Waals surface area contributed by atoms with Crippen molar-refractivity contribution in [2.24, 2.45) is 5.92 Å². The van der Waals surface area contributed by atoms with Crippen molar-refractivity contribution in [3.05, 3.63) is 33.0 Å². The zero-order valence-electron chi connectivity index (χ0n) is 11.7. The van der Waals surface area contributed by atoms with Crippen molar-refractivity contribution in [3.63, 3.8) is 0 Å². The second-order valence-corrected chi connectivity index (χ2v) is 5.96. The average molecular weight is 370 g/mol. The van der Waals surface area contributed by atoms with Gasteiger partial charge in [0.1, 0.15) is 11.5 Å². The van der Waals surface area contributed by atoms with Crippen LogP contribution in [0.1, 0.15) is 18.4 Å². The van der Waals surface area contributed by atoms with Crippen molar-refractivity contribution in [1.29, 1.82) is 0 Å². The number of carbonyl (C=O) groups excluding carboxylic acids is 1. The van der Waals surface area contributed by atoms with Gasteiger partial charge in [0.25, 0.3) is 0 Å². The van der Waals surface area contributed by atoms with Crippen LogP contribution in [0.5, 0.6) is 5.75 Å². The Bertz CT molecular complexity index is 658. The molecular formula is C16H14BrClO3. The Labute approximate surface area is 137 Å². The number of hydrogen-bond donors (Lipinski definition) is 0. The molecule has 5 heteroatoms. The molecule has 110 valence electrons. The van der Waals surface area contributed by atoms with E-state index in [0.29, 0.717) is 40.5 Å². The summed E-state index contributed by atoms with van der Waals surface area (Å²) in [5, 5.41) is 0.431. The van der Waals surface area contributed by atoms with Crippen molar-refractivity contribution in [2.75, 3.05) is 14.2 Å². The maximum absolute atomic E-state index is 12.6. The van der Waals surface area contributed by atoms with Crippen LogP contribution in [0.25, 0.3) is 5.57 Å². The molecule has 21 heavy (non-hydrogen) atoms. The summed E-state index contributed by atoms with van der Waals surface area (Å²) in [6.45, 7) is 0. The molecule has 1 aromatic carbocycles. The van der Waals surface area contributed by atoms with E-state index in [-0.39, 0.29) is 11.7 Å². The third-order valence-corrected chi connectivity index (χ3v) is 4.18. The van der Waals surface area contributed by atoms with Gasteiger partial charge < -0.3 is 9.47 Å². The van der Waals surface area contributed by atoms with E-state index < -0.39 is 0 Å². The molecule has 0 radical (unpaired) electrons. The summed E-state index contributed by atoms with van der Waals surface area (Å²) in [4.78, 5) is 12.6. The summed E-state index contributed by atoms with van der Waals surface area (Å²) in [5.74, 6) is 3.35. The monoisotopic (exact) mass is 368 g/mol. The molecule has 0 fully saturated rings. The topological polar surface area (TPSA) is 35.5 Å². The Morgan fingerprint density at radius 1 is 1.43 bits per heavy atom. The van der Waals surface area contributed by atoms with Gasteiger partial charge in [-0.15, -0.1) is 12.3 Å². The molecule has 0 aliphatic heterocycles. The zero-order chi connectivity index (χ0) is 15.6. The lowest BCUT2D eigenvalue weighted by Crippen LogP contribution is -2.10. The number of Topliss-reactive ketones (excluding diaryl/α,β-unsaturated/α-hetero) is 1. The van der Waals surface area contributed by atoms with Crippen LogP contribution in [-0.2, 0) is 9.53 Å². The van der Waals surface area contributed by atoms with Crippen molar-refractivity contribution >= 4 is 38.9 Å². The summed E-state index contributed by atoms with van der Waals surface area (Å²) in [7, 11) is 3.08. The summed E-state index contributed by atoms with van der Waals surface area (Å²) >= 11 is 9.67. The van der Waals surface area contributed by atoms with Crippen LogP contribution in [0, 0.1) is 18.3 Å². The molecule has 0 saturated carbocycles. The maximum atomic E-state index is 12.6. The predicted octanol–water partition coefficient (Wildman–Crippen LogP) is 4.08. The molecule has 0 saturated heterocycles. The molecule has 1 unspecified atom stereocenters. The van der Waals surface area contributed by atoms with Gasteiger partial charge in [-0.05, 0) is 12.1 Å². The van der Waals surface area contributed by atoms with E-state index in [1.165, 1.54) is 7.11 Å². The highest BCUT2D eigenvalue weighted by Gasteiger charge is 2.36. The zero-order valence-corrected chi connectivity index (χ0v) is 14.0. The van der Waals surface area contributed by atoms with E-state index in [2.05, 4.69) is 21.9 Å². The van der Waals surface area contributed by atoms with Crippen molar-refractivity contribution < 1.29 is 14.3 Å². The van der Waals surface area contributed by atoms with E-state index in [0.717, 1.165) is 4.47 Å². The maximum Gasteiger partial charge on any atom is 0.171 e. The number of hydrogen-bond acceptors (Lipinski definition) is 3. The van der Waals surface area contributed by atoms with Gasteiger partial charge in [0.05, 0.1) is 24.8 Å². The van der Waals surface area contributed by atoms with Crippen LogP contribution in [0.15, 0.2) is 22.4 Å². The van der Waals surface area contributed by atoms with Gasteiger partial charge in [-0.2, -0.15) is 0 Å². The number of rotatable bonds is 4. The molecule has 0 spiro atoms. The lowest BCUT2D eigenvalue weighted by atomic mass is 9.96. The van der Waals surface area contributed by atoms with E-state index in [4.69, 9.17) is 27.5 Å². The number of halogens is 2. The van der Waals surface area contributed by atoms with Crippen LogP contribution >= 0.6 is 27.5 Å². The van der Waals surface area contributed by atoms with Gasteiger partial charge in [0.2, 0.25) is 0 Å². The SMILES string of the molecule is C#CCC1CC(OC)=C(c2c(Cl)cc(Br)cc2OC)C1=O. The largest absolute Gasteiger partial charge is 0.500 e. The smallest absolute Gasteiger partial charge is 0.171 e. The fourth-order valence-electron chi connectivity index (χ4n) is 2.47. The normalized spacial score (nSPS) is 17.9. The molecule has 2 rings (SSSR count). The highest BCUT2D eigenvalue weighted by molar-refractivity contribution is 9.10. The van der Waals surface area contributed by atoms with Crippen LogP contribution in [-0.4, -0.2) is 20.0 Å². The first-order valence-electron chi connectivity index (χ1n) is 6.31. The number of carbonyl (C=O) groups is 1. The standard InChI is InChI=1S/C16H14BrClO3/c1-4-5-9-6-12(20-2)15(16(9)19)14-11(18)7-10(17)8-13(14)21-3/h1,7-9H,5-6H2,2-3H3. The molecule has 3 nitrogen and oxygen atoms in total. The minimum Gasteiger partial charge on any atom is -0.500 e. The van der Waals surface area contributed by atoms with Crippen LogP contribution in [0.2, 0.25) is 5.02 Å². The summed E-state index contributed by atoms with van der Waals surface area (Å²) in [6, 6.07) is 3.49. The summed E-state index contributed by atoms with van der Waals surface area (Å²) in [5.41, 5.74) is 1.02. The van der Waals surface area contributed by atoms with Crippen molar-refractivity contribution in [3.8, 4) is 18.1 Å². The Balaban J connectivity index is 2.59. The van der Waals surface area contributed by atoms with E-state index in [9.17, 15) is 4.79 Å². The highest BCUT2D eigenvalue weighted by Crippen LogP contribution is 2.44. The quantitative estimate of drug-likeness (QED) is 0.750. The highest BCUT2D eigenvalue weighted by atomic mass is 79.9. The second kappa shape index (κ2) is 6.55. The average Bonchev–Trinajstić information content (AvgIpc) is 2.75. The third kappa shape index (κ3) is 2.95. The third-order valence-electron chi connectivity index (χ3n) is 3.43. The Morgan fingerprint density at radius 3 is 2.71 bits per heavy atom. The number of terminal acetylenes is 1. The van der Waals surface area contributed by atoms with Crippen LogP contribution in [0.4, 0.5) is 0 Å². The van der Waals surface area contributed by atoms with Gasteiger partial charge in [-0.1, -0.05) is 27.5 Å². The minimum atomic E-state index is -0.260. The molecule has 0 N–H and O–H groups in total. The van der Waals surface area contributed by atoms with E-state index in [1.807, 2.05) is 0 Å². The molecule has 1 aliphatic carbocycles. The minimum absolute atomic E-state index is 0.0488. The molecule has 1 aromatic rings. The fourth-order valence-corrected chi connectivity index (χ4v) is 3.34. The molecule has 1 atom stereocenters. The molecule has 0 heterocycles. The van der Waals surface area contributed by atoms with Gasteiger partial charge >= 0.3 is 0 Å². The van der Waals surface area contributed by atoms with Crippen molar-refractivity contribution in [2.45, 2.75) is 12.8 Å². The van der Waals surface area contributed by atoms with E-state index in [1.54, 1.807) is 19.2 Å². The van der Waals surface area contributed by atoms with Gasteiger partial charge in [0, 0.05) is 28.8 Å². The number of methoxy groups -OCH3 is 2. The number of ketones is 1. The number of allylic oxidation sites excluding steroid dienone is 2. The van der Waals surface area contributed by atoms with E-state index >= 15 is 0 Å². The lowest BCUT2D eigenvalue weighted by Gasteiger charge is -2.13. The molecule has 0 bridgehead atoms. The fraction of sp³-hybridized carbons (Fsp3) is 0.312. The number of ether oxygens (including phenoxy) is 2. The molecule has 1 aliphatic rings. The summed E-state index contributed by atoms with van der Waals surface area (Å²) in [6.07, 6.45) is 6.20. The first kappa shape index (κ1) is 15.9. The number of benzene rings is 1. The predicted molar refractivity (Wildman–Crippen MR) is 86.2 cm³/mol. The second-order valence-electron chi connectivity index (χ2n) is 4.64. The summed E-state index contributed by atoms with van der Waals surface area (Å²) < 4.78 is 11.5. The molecule has 0 aromatic heterocycles. The molecular weight excluding hydrogens is 356 g/mol. The first-order valence-corrected chi connectivity index (χ1v) is 7.48. The van der Waals surface area contributed by atoms with Crippen molar-refractivity contribution in [1.82, 2.24) is 0 Å². The van der Waals surface area contributed by atoms with Gasteiger partial charge in [-0.25, -0.2) is 0 Å².